The highest BCUT2D eigenvalue weighted by Crippen LogP contribution is 2.29. The number of benzene rings is 1. The van der Waals surface area contributed by atoms with Crippen molar-refractivity contribution in [2.24, 2.45) is 0 Å². The largest absolute Gasteiger partial charge is 0.323 e. The van der Waals surface area contributed by atoms with Crippen LogP contribution in [0.4, 0.5) is 22.4 Å². The zero-order valence-corrected chi connectivity index (χ0v) is 9.28. The van der Waals surface area contributed by atoms with Gasteiger partial charge in [-0.3, -0.25) is 9.52 Å². The lowest BCUT2D eigenvalue weighted by atomic mass is 10.2. The van der Waals surface area contributed by atoms with Gasteiger partial charge in [0.2, 0.25) is 0 Å². The first-order valence-electron chi connectivity index (χ1n) is 3.81. The van der Waals surface area contributed by atoms with E-state index in [0.29, 0.717) is 0 Å². The molecule has 88 valence electrons. The maximum absolute atomic E-state index is 13.2. The first kappa shape index (κ1) is 13.1. The molecule has 1 N–H and O–H groups in total. The lowest BCUT2D eigenvalue weighted by molar-refractivity contribution is 0.264. The number of rotatable bonds is 2. The molecule has 1 aromatic rings. The number of amides is 1. The third kappa shape index (κ3) is 2.41. The molecule has 0 aromatic heterocycles. The Kier molecular flexibility index (Phi) is 4.03. The lowest BCUT2D eigenvalue weighted by Crippen LogP contribution is -2.09. The Bertz CT molecular complexity index is 425. The summed E-state index contributed by atoms with van der Waals surface area (Å²) < 4.78 is 54.1. The van der Waals surface area contributed by atoms with Crippen LogP contribution >= 0.6 is 23.5 Å². The highest BCUT2D eigenvalue weighted by molar-refractivity contribution is 7.98. The summed E-state index contributed by atoms with van der Waals surface area (Å²) in [5, 5.41) is -1.12. The predicted molar refractivity (Wildman–Crippen MR) is 51.3 cm³/mol. The van der Waals surface area contributed by atoms with E-state index in [0.717, 1.165) is 6.92 Å². The fourth-order valence-electron chi connectivity index (χ4n) is 0.902. The number of carbonyl (C=O) groups excluding carboxylic acids is 1. The Morgan fingerprint density at radius 2 is 1.56 bits per heavy atom. The molecule has 0 saturated carbocycles. The summed E-state index contributed by atoms with van der Waals surface area (Å²) in [7, 11) is 0. The molecule has 1 rings (SSSR count). The zero-order valence-electron chi connectivity index (χ0n) is 7.71. The Labute approximate surface area is 97.1 Å². The van der Waals surface area contributed by atoms with Gasteiger partial charge in [0.25, 0.3) is 0 Å². The van der Waals surface area contributed by atoms with Gasteiger partial charge in [0.1, 0.15) is 4.90 Å². The Balaban J connectivity index is 3.23. The standard InChI is InChI=1S/C8H4ClF4NOS/c1-2-3(10)5(12)7(6(13)4(2)11)16-14-8(9)15/h1H3,(H,14,15). The SMILES string of the molecule is Cc1c(F)c(F)c(SNC(=O)Cl)c(F)c1F. The van der Waals surface area contributed by atoms with Crippen LogP contribution in [0.25, 0.3) is 0 Å². The van der Waals surface area contributed by atoms with Crippen LogP contribution in [0.2, 0.25) is 0 Å². The van der Waals surface area contributed by atoms with Crippen molar-refractivity contribution in [2.45, 2.75) is 11.8 Å². The Hall–Kier alpha value is -0.950. The molecule has 0 heterocycles. The molecular formula is C8H4ClF4NOS. The Morgan fingerprint density at radius 1 is 1.12 bits per heavy atom. The summed E-state index contributed by atoms with van der Waals surface area (Å²) in [5.74, 6) is -6.17. The van der Waals surface area contributed by atoms with E-state index in [9.17, 15) is 22.4 Å². The second-order valence-corrected chi connectivity index (χ2v) is 3.85. The van der Waals surface area contributed by atoms with Crippen LogP contribution in [0.15, 0.2) is 4.90 Å². The van der Waals surface area contributed by atoms with Crippen LogP contribution in [-0.4, -0.2) is 5.37 Å². The monoisotopic (exact) mass is 273 g/mol. The van der Waals surface area contributed by atoms with Gasteiger partial charge < -0.3 is 0 Å². The number of hydrogen-bond acceptors (Lipinski definition) is 2. The second-order valence-electron chi connectivity index (χ2n) is 2.69. The van der Waals surface area contributed by atoms with Crippen molar-refractivity contribution in [1.29, 1.82) is 0 Å². The van der Waals surface area contributed by atoms with Crippen LogP contribution in [0.5, 0.6) is 0 Å². The van der Waals surface area contributed by atoms with Crippen molar-refractivity contribution >= 4 is 28.9 Å². The van der Waals surface area contributed by atoms with Gasteiger partial charge in [-0.05, 0) is 30.5 Å². The van der Waals surface area contributed by atoms with Gasteiger partial charge in [-0.2, -0.15) is 0 Å². The van der Waals surface area contributed by atoms with Crippen molar-refractivity contribution < 1.29 is 22.4 Å². The number of hydrogen-bond donors (Lipinski definition) is 1. The molecular weight excluding hydrogens is 270 g/mol. The van der Waals surface area contributed by atoms with Crippen LogP contribution < -0.4 is 4.72 Å². The van der Waals surface area contributed by atoms with E-state index >= 15 is 0 Å². The van der Waals surface area contributed by atoms with Crippen LogP contribution in [0.3, 0.4) is 0 Å². The minimum Gasteiger partial charge on any atom is -0.282 e. The van der Waals surface area contributed by atoms with E-state index in [1.807, 2.05) is 0 Å². The quantitative estimate of drug-likeness (QED) is 0.294. The van der Waals surface area contributed by atoms with E-state index in [1.165, 1.54) is 0 Å². The van der Waals surface area contributed by atoms with Gasteiger partial charge in [0, 0.05) is 5.56 Å². The molecule has 0 aliphatic rings. The summed E-state index contributed by atoms with van der Waals surface area (Å²) in [6.07, 6.45) is 0. The molecule has 2 nitrogen and oxygen atoms in total. The van der Waals surface area contributed by atoms with Crippen LogP contribution in [-0.2, 0) is 0 Å². The fraction of sp³-hybridized carbons (Fsp3) is 0.125. The highest BCUT2D eigenvalue weighted by atomic mass is 35.5. The lowest BCUT2D eigenvalue weighted by Gasteiger charge is -2.08. The molecule has 0 fully saturated rings. The zero-order chi connectivity index (χ0) is 12.5. The average Bonchev–Trinajstić information content (AvgIpc) is 2.23. The van der Waals surface area contributed by atoms with Crippen molar-refractivity contribution in [3.8, 4) is 0 Å². The molecule has 0 unspecified atom stereocenters. The minimum absolute atomic E-state index is 0.0573. The smallest absolute Gasteiger partial charge is 0.282 e. The van der Waals surface area contributed by atoms with Gasteiger partial charge >= 0.3 is 5.37 Å². The molecule has 0 bridgehead atoms. The third-order valence-electron chi connectivity index (χ3n) is 1.68. The highest BCUT2D eigenvalue weighted by Gasteiger charge is 2.23. The van der Waals surface area contributed by atoms with E-state index in [2.05, 4.69) is 0 Å². The van der Waals surface area contributed by atoms with Crippen LogP contribution in [0, 0.1) is 30.2 Å². The first-order valence-corrected chi connectivity index (χ1v) is 5.00. The predicted octanol–water partition coefficient (Wildman–Crippen LogP) is 3.51. The molecule has 8 heteroatoms. The van der Waals surface area contributed by atoms with Crippen molar-refractivity contribution in [3.63, 3.8) is 0 Å². The Morgan fingerprint density at radius 3 is 1.94 bits per heavy atom. The maximum atomic E-state index is 13.2. The van der Waals surface area contributed by atoms with E-state index in [1.54, 1.807) is 4.72 Å². The molecule has 0 spiro atoms. The molecule has 0 saturated heterocycles. The average molecular weight is 274 g/mol. The third-order valence-corrected chi connectivity index (χ3v) is 2.73. The number of carbonyl (C=O) groups is 1. The molecule has 16 heavy (non-hydrogen) atoms. The fourth-order valence-corrected chi connectivity index (χ4v) is 1.56. The van der Waals surface area contributed by atoms with Crippen molar-refractivity contribution in [2.75, 3.05) is 0 Å². The summed E-state index contributed by atoms with van der Waals surface area (Å²) in [5.41, 5.74) is -0.767. The summed E-state index contributed by atoms with van der Waals surface area (Å²) in [6.45, 7) is 0.894. The summed E-state index contributed by atoms with van der Waals surface area (Å²) in [6, 6.07) is 0. The van der Waals surface area contributed by atoms with E-state index in [4.69, 9.17) is 11.6 Å². The van der Waals surface area contributed by atoms with Gasteiger partial charge in [0.05, 0.1) is 0 Å². The molecule has 0 atom stereocenters. The van der Waals surface area contributed by atoms with E-state index in [-0.39, 0.29) is 11.9 Å². The molecule has 1 amide bonds. The molecule has 0 radical (unpaired) electrons. The van der Waals surface area contributed by atoms with Gasteiger partial charge in [0.15, 0.2) is 23.3 Å². The van der Waals surface area contributed by atoms with Gasteiger partial charge in [-0.1, -0.05) is 0 Å². The van der Waals surface area contributed by atoms with Crippen LogP contribution in [0.1, 0.15) is 5.56 Å². The van der Waals surface area contributed by atoms with Crippen molar-refractivity contribution in [1.82, 2.24) is 4.72 Å². The number of nitrogens with one attached hydrogen (secondary N) is 1. The molecule has 0 aliphatic heterocycles. The summed E-state index contributed by atoms with van der Waals surface area (Å²) in [4.78, 5) is 9.29. The van der Waals surface area contributed by atoms with Gasteiger partial charge in [-0.15, -0.1) is 0 Å². The molecule has 0 aliphatic carbocycles. The maximum Gasteiger partial charge on any atom is 0.323 e. The summed E-state index contributed by atoms with van der Waals surface area (Å²) >= 11 is 4.90. The number of halogens is 5. The van der Waals surface area contributed by atoms with E-state index < -0.39 is 39.1 Å². The second kappa shape index (κ2) is 4.92. The normalized spacial score (nSPS) is 10.4. The molecule has 1 aromatic carbocycles. The van der Waals surface area contributed by atoms with Crippen molar-refractivity contribution in [3.05, 3.63) is 28.8 Å². The topological polar surface area (TPSA) is 29.1 Å². The minimum atomic E-state index is -1.58. The van der Waals surface area contributed by atoms with Gasteiger partial charge in [-0.25, -0.2) is 17.6 Å². The first-order chi connectivity index (χ1) is 7.36.